The molecule has 0 saturated carbocycles. The molecule has 0 radical (unpaired) electrons. The molecule has 8 nitrogen and oxygen atoms in total. The molecule has 0 spiro atoms. The SMILES string of the molecule is Cc1ccn(CC2CCCNC2)c(=O)c1C(=O)Nc1cccc(-c2nncn2C)c1C.Cl.Cl. The summed E-state index contributed by atoms with van der Waals surface area (Å²) in [7, 11) is 1.87. The molecule has 1 atom stereocenters. The molecule has 2 N–H and O–H groups in total. The fourth-order valence-electron chi connectivity index (χ4n) is 4.17. The fourth-order valence-corrected chi connectivity index (χ4v) is 4.17. The third-order valence-corrected chi connectivity index (χ3v) is 5.99. The Morgan fingerprint density at radius 3 is 2.70 bits per heavy atom. The number of pyridine rings is 1. The topological polar surface area (TPSA) is 93.8 Å². The second-order valence-electron chi connectivity index (χ2n) is 8.24. The van der Waals surface area contributed by atoms with Crippen LogP contribution in [-0.4, -0.2) is 38.3 Å². The summed E-state index contributed by atoms with van der Waals surface area (Å²) >= 11 is 0. The van der Waals surface area contributed by atoms with Crippen LogP contribution in [0.3, 0.4) is 0 Å². The second-order valence-corrected chi connectivity index (χ2v) is 8.24. The minimum Gasteiger partial charge on any atom is -0.322 e. The number of aromatic nitrogens is 4. The lowest BCUT2D eigenvalue weighted by Gasteiger charge is -2.23. The van der Waals surface area contributed by atoms with Gasteiger partial charge < -0.3 is 19.8 Å². The van der Waals surface area contributed by atoms with E-state index in [-0.39, 0.29) is 35.9 Å². The van der Waals surface area contributed by atoms with E-state index in [0.29, 0.717) is 29.5 Å². The summed E-state index contributed by atoms with van der Waals surface area (Å²) in [6.45, 7) is 6.26. The van der Waals surface area contributed by atoms with E-state index in [1.54, 1.807) is 24.0 Å². The summed E-state index contributed by atoms with van der Waals surface area (Å²) < 4.78 is 3.50. The molecule has 33 heavy (non-hydrogen) atoms. The first-order valence-corrected chi connectivity index (χ1v) is 10.6. The highest BCUT2D eigenvalue weighted by molar-refractivity contribution is 6.05. The Balaban J connectivity index is 0.00000193. The van der Waals surface area contributed by atoms with Crippen LogP contribution in [0.5, 0.6) is 0 Å². The Morgan fingerprint density at radius 2 is 2.03 bits per heavy atom. The standard InChI is InChI=1S/C23H28N6O2.2ClH/c1-15-9-11-29(13-17-6-5-10-24-12-17)23(31)20(15)22(30)26-19-8-4-7-18(16(19)2)21-27-25-14-28(21)3;;/h4,7-9,11,14,17,24H,5-6,10,12-13H2,1-3H3,(H,26,30);2*1H. The molecule has 1 aliphatic rings. The number of carbonyl (C=O) groups is 1. The minimum absolute atomic E-state index is 0. The molecule has 1 amide bonds. The average Bonchev–Trinajstić information content (AvgIpc) is 3.18. The van der Waals surface area contributed by atoms with Gasteiger partial charge in [0.15, 0.2) is 5.82 Å². The van der Waals surface area contributed by atoms with Crippen molar-refractivity contribution in [2.24, 2.45) is 13.0 Å². The predicted molar refractivity (Wildman–Crippen MR) is 135 cm³/mol. The number of nitrogens with one attached hydrogen (secondary N) is 2. The van der Waals surface area contributed by atoms with Crippen LogP contribution in [0.15, 0.2) is 41.6 Å². The third kappa shape index (κ3) is 5.63. The number of amides is 1. The van der Waals surface area contributed by atoms with Gasteiger partial charge in [0.05, 0.1) is 0 Å². The number of benzene rings is 1. The van der Waals surface area contributed by atoms with Crippen molar-refractivity contribution in [1.29, 1.82) is 0 Å². The quantitative estimate of drug-likeness (QED) is 0.569. The first-order chi connectivity index (χ1) is 15.0. The lowest BCUT2D eigenvalue weighted by Crippen LogP contribution is -2.36. The Kier molecular flexibility index (Phi) is 9.22. The monoisotopic (exact) mass is 492 g/mol. The highest BCUT2D eigenvalue weighted by Crippen LogP contribution is 2.27. The molecule has 1 saturated heterocycles. The molecule has 3 aromatic rings. The average molecular weight is 493 g/mol. The van der Waals surface area contributed by atoms with Crippen LogP contribution in [0.1, 0.15) is 34.3 Å². The lowest BCUT2D eigenvalue weighted by atomic mass is 9.99. The Labute approximate surface area is 205 Å². The summed E-state index contributed by atoms with van der Waals surface area (Å²) in [6.07, 6.45) is 5.63. The van der Waals surface area contributed by atoms with Crippen LogP contribution >= 0.6 is 24.8 Å². The summed E-state index contributed by atoms with van der Waals surface area (Å²) in [4.78, 5) is 26.3. The fraction of sp³-hybridized carbons (Fsp3) is 0.391. The van der Waals surface area contributed by atoms with Gasteiger partial charge >= 0.3 is 0 Å². The van der Waals surface area contributed by atoms with E-state index >= 15 is 0 Å². The zero-order chi connectivity index (χ0) is 22.0. The second kappa shape index (κ2) is 11.4. The molecule has 1 aromatic carbocycles. The van der Waals surface area contributed by atoms with Crippen LogP contribution in [-0.2, 0) is 13.6 Å². The number of aryl methyl sites for hydroxylation is 2. The van der Waals surface area contributed by atoms with Crippen molar-refractivity contribution in [2.45, 2.75) is 33.2 Å². The number of anilines is 1. The van der Waals surface area contributed by atoms with Gasteiger partial charge in [0.2, 0.25) is 0 Å². The van der Waals surface area contributed by atoms with Crippen molar-refractivity contribution in [3.63, 3.8) is 0 Å². The first kappa shape index (κ1) is 26.6. The smallest absolute Gasteiger partial charge is 0.263 e. The number of hydrogen-bond acceptors (Lipinski definition) is 5. The minimum atomic E-state index is -0.392. The van der Waals surface area contributed by atoms with Gasteiger partial charge in [-0.15, -0.1) is 35.0 Å². The van der Waals surface area contributed by atoms with E-state index in [1.807, 2.05) is 42.8 Å². The zero-order valence-electron chi connectivity index (χ0n) is 19.0. The highest BCUT2D eigenvalue weighted by atomic mass is 35.5. The van der Waals surface area contributed by atoms with Crippen molar-refractivity contribution in [3.05, 3.63) is 63.8 Å². The van der Waals surface area contributed by atoms with E-state index in [0.717, 1.165) is 37.1 Å². The summed E-state index contributed by atoms with van der Waals surface area (Å²) in [5, 5.41) is 14.4. The van der Waals surface area contributed by atoms with Crippen LogP contribution in [0.4, 0.5) is 5.69 Å². The third-order valence-electron chi connectivity index (χ3n) is 5.99. The molecule has 4 rings (SSSR count). The maximum absolute atomic E-state index is 13.1. The molecule has 2 aromatic heterocycles. The maximum atomic E-state index is 13.1. The molecular weight excluding hydrogens is 463 g/mol. The van der Waals surface area contributed by atoms with Gasteiger partial charge in [-0.25, -0.2) is 0 Å². The van der Waals surface area contributed by atoms with Crippen LogP contribution < -0.4 is 16.2 Å². The van der Waals surface area contributed by atoms with Gasteiger partial charge in [-0.1, -0.05) is 12.1 Å². The molecule has 10 heteroatoms. The Hall–Kier alpha value is -2.68. The van der Waals surface area contributed by atoms with Crippen LogP contribution in [0.25, 0.3) is 11.4 Å². The molecule has 1 aliphatic heterocycles. The Morgan fingerprint density at radius 1 is 1.24 bits per heavy atom. The first-order valence-electron chi connectivity index (χ1n) is 10.6. The van der Waals surface area contributed by atoms with E-state index in [9.17, 15) is 9.59 Å². The van der Waals surface area contributed by atoms with Gasteiger partial charge in [0.25, 0.3) is 11.5 Å². The van der Waals surface area contributed by atoms with Crippen molar-refractivity contribution in [3.8, 4) is 11.4 Å². The number of rotatable bonds is 5. The van der Waals surface area contributed by atoms with Gasteiger partial charge in [-0.05, 0) is 69.0 Å². The van der Waals surface area contributed by atoms with E-state index in [1.165, 1.54) is 0 Å². The van der Waals surface area contributed by atoms with E-state index < -0.39 is 5.91 Å². The number of halogens is 2. The van der Waals surface area contributed by atoms with Gasteiger partial charge in [0.1, 0.15) is 11.9 Å². The van der Waals surface area contributed by atoms with Gasteiger partial charge in [-0.2, -0.15) is 0 Å². The van der Waals surface area contributed by atoms with Crippen molar-refractivity contribution < 1.29 is 4.79 Å². The van der Waals surface area contributed by atoms with Crippen molar-refractivity contribution in [2.75, 3.05) is 18.4 Å². The predicted octanol–water partition coefficient (Wildman–Crippen LogP) is 3.36. The maximum Gasteiger partial charge on any atom is 0.263 e. The summed E-state index contributed by atoms with van der Waals surface area (Å²) in [6, 6.07) is 7.47. The molecule has 1 unspecified atom stereocenters. The largest absolute Gasteiger partial charge is 0.322 e. The number of piperidine rings is 1. The van der Waals surface area contributed by atoms with Gasteiger partial charge in [0, 0.05) is 31.0 Å². The number of nitrogens with zero attached hydrogens (tertiary/aromatic N) is 4. The van der Waals surface area contributed by atoms with E-state index in [2.05, 4.69) is 20.8 Å². The van der Waals surface area contributed by atoms with E-state index in [4.69, 9.17) is 0 Å². The Bertz CT molecular complexity index is 1170. The van der Waals surface area contributed by atoms with Crippen LogP contribution in [0.2, 0.25) is 0 Å². The lowest BCUT2D eigenvalue weighted by molar-refractivity contribution is 0.102. The van der Waals surface area contributed by atoms with Crippen molar-refractivity contribution >= 4 is 36.4 Å². The molecular formula is C23H30Cl2N6O2. The van der Waals surface area contributed by atoms with Gasteiger partial charge in [-0.3, -0.25) is 9.59 Å². The van der Waals surface area contributed by atoms with Crippen molar-refractivity contribution in [1.82, 2.24) is 24.6 Å². The zero-order valence-corrected chi connectivity index (χ0v) is 20.6. The van der Waals surface area contributed by atoms with Crippen LogP contribution in [0, 0.1) is 19.8 Å². The molecule has 0 aliphatic carbocycles. The number of hydrogen-bond donors (Lipinski definition) is 2. The normalized spacial score (nSPS) is 15.3. The molecule has 0 bridgehead atoms. The molecule has 178 valence electrons. The summed E-state index contributed by atoms with van der Waals surface area (Å²) in [5.41, 5.74) is 3.01. The number of carbonyl (C=O) groups excluding carboxylic acids is 1. The summed E-state index contributed by atoms with van der Waals surface area (Å²) in [5.74, 6) is 0.722. The molecule has 1 fully saturated rings. The highest BCUT2D eigenvalue weighted by Gasteiger charge is 2.20. The molecule has 3 heterocycles.